The van der Waals surface area contributed by atoms with Crippen molar-refractivity contribution in [2.75, 3.05) is 11.5 Å². The molecule has 6 heteroatoms. The largest absolute Gasteiger partial charge is 0.396 e. The van der Waals surface area contributed by atoms with Crippen LogP contribution in [-0.2, 0) is 0 Å². The van der Waals surface area contributed by atoms with Crippen LogP contribution >= 0.6 is 34.8 Å². The first-order chi connectivity index (χ1) is 8.00. The van der Waals surface area contributed by atoms with Gasteiger partial charge in [-0.1, -0.05) is 35.4 Å². The summed E-state index contributed by atoms with van der Waals surface area (Å²) in [6.07, 6.45) is 4.49. The number of nitrogens with two attached hydrogens (primary N) is 2. The Morgan fingerprint density at radius 3 is 2.71 bits per heavy atom. The van der Waals surface area contributed by atoms with E-state index in [4.69, 9.17) is 46.3 Å². The van der Waals surface area contributed by atoms with Gasteiger partial charge >= 0.3 is 0 Å². The number of rotatable bonds is 1. The van der Waals surface area contributed by atoms with E-state index in [1.165, 1.54) is 0 Å². The smallest absolute Gasteiger partial charge is 0.148 e. The number of nitrogens with zero attached hydrogens (tertiary/aromatic N) is 1. The quantitative estimate of drug-likeness (QED) is 0.615. The summed E-state index contributed by atoms with van der Waals surface area (Å²) in [6, 6.07) is 1.65. The predicted octanol–water partition coefficient (Wildman–Crippen LogP) is 3.42. The summed E-state index contributed by atoms with van der Waals surface area (Å²) in [5.74, 6) is 0.206. The molecule has 1 atom stereocenters. The molecule has 0 radical (unpaired) electrons. The van der Waals surface area contributed by atoms with E-state index in [9.17, 15) is 0 Å². The number of nitrogen functional groups attached to an aromatic ring is 2. The Bertz CT molecular complexity index is 523. The molecule has 1 aliphatic rings. The highest BCUT2D eigenvalue weighted by atomic mass is 35.5. The predicted molar refractivity (Wildman–Crippen MR) is 74.2 cm³/mol. The zero-order valence-electron chi connectivity index (χ0n) is 8.75. The minimum absolute atomic E-state index is 0.206. The number of anilines is 2. The molecule has 2 rings (SSSR count). The van der Waals surface area contributed by atoms with Gasteiger partial charge in [0.15, 0.2) is 0 Å². The number of pyridine rings is 1. The molecule has 1 heterocycles. The molecule has 90 valence electrons. The number of aromatic nitrogens is 1. The standard InChI is InChI=1S/C11H10Cl3N3/c12-7-3-1-2-5(9(7)13)6-4-8(15)11(16)17-10(6)14/h1-2,4,7H,3,15H2,(H2,16,17). The third-order valence-corrected chi connectivity index (χ3v) is 3.75. The van der Waals surface area contributed by atoms with Crippen molar-refractivity contribution in [1.82, 2.24) is 4.98 Å². The number of halogens is 3. The normalized spacial score (nSPS) is 19.8. The van der Waals surface area contributed by atoms with Crippen LogP contribution in [0.25, 0.3) is 5.57 Å². The molecule has 3 nitrogen and oxygen atoms in total. The van der Waals surface area contributed by atoms with E-state index in [0.29, 0.717) is 22.7 Å². The zero-order chi connectivity index (χ0) is 12.6. The first kappa shape index (κ1) is 12.6. The van der Waals surface area contributed by atoms with Gasteiger partial charge in [-0.05, 0) is 12.5 Å². The highest BCUT2D eigenvalue weighted by molar-refractivity contribution is 6.41. The minimum atomic E-state index is -0.244. The fourth-order valence-electron chi connectivity index (χ4n) is 1.58. The maximum Gasteiger partial charge on any atom is 0.148 e. The first-order valence-electron chi connectivity index (χ1n) is 4.93. The number of hydrogen-bond donors (Lipinski definition) is 2. The third kappa shape index (κ3) is 2.37. The van der Waals surface area contributed by atoms with Crippen LogP contribution in [0, 0.1) is 0 Å². The summed E-state index contributed by atoms with van der Waals surface area (Å²) in [7, 11) is 0. The summed E-state index contributed by atoms with van der Waals surface area (Å²) in [5, 5.41) is 0.564. The Morgan fingerprint density at radius 1 is 1.29 bits per heavy atom. The Balaban J connectivity index is 2.58. The van der Waals surface area contributed by atoms with Crippen LogP contribution in [0.1, 0.15) is 12.0 Å². The molecule has 1 aliphatic carbocycles. The van der Waals surface area contributed by atoms with Crippen LogP contribution < -0.4 is 11.5 Å². The van der Waals surface area contributed by atoms with Gasteiger partial charge in [-0.15, -0.1) is 11.6 Å². The van der Waals surface area contributed by atoms with Crippen LogP contribution in [0.15, 0.2) is 23.3 Å². The lowest BCUT2D eigenvalue weighted by atomic mass is 10.00. The van der Waals surface area contributed by atoms with Gasteiger partial charge in [0.1, 0.15) is 11.0 Å². The van der Waals surface area contributed by atoms with Crippen molar-refractivity contribution in [3.05, 3.63) is 34.0 Å². The molecule has 0 aromatic carbocycles. The molecule has 1 unspecified atom stereocenters. The molecule has 17 heavy (non-hydrogen) atoms. The molecule has 0 amide bonds. The van der Waals surface area contributed by atoms with Crippen molar-refractivity contribution >= 4 is 51.9 Å². The van der Waals surface area contributed by atoms with Gasteiger partial charge in [0.25, 0.3) is 0 Å². The van der Waals surface area contributed by atoms with Gasteiger partial charge in [0.2, 0.25) is 0 Å². The molecule has 1 aromatic heterocycles. The van der Waals surface area contributed by atoms with Gasteiger partial charge < -0.3 is 11.5 Å². The second-order valence-electron chi connectivity index (χ2n) is 3.67. The van der Waals surface area contributed by atoms with Crippen molar-refractivity contribution in [3.63, 3.8) is 0 Å². The van der Waals surface area contributed by atoms with Crippen molar-refractivity contribution in [3.8, 4) is 0 Å². The monoisotopic (exact) mass is 289 g/mol. The molecule has 0 bridgehead atoms. The highest BCUT2D eigenvalue weighted by Crippen LogP contribution is 2.36. The van der Waals surface area contributed by atoms with Crippen LogP contribution in [0.4, 0.5) is 11.5 Å². The average molecular weight is 291 g/mol. The van der Waals surface area contributed by atoms with Gasteiger partial charge in [-0.3, -0.25) is 0 Å². The van der Waals surface area contributed by atoms with E-state index in [-0.39, 0.29) is 16.3 Å². The Hall–Kier alpha value is -0.900. The maximum atomic E-state index is 6.17. The molecule has 0 fully saturated rings. The minimum Gasteiger partial charge on any atom is -0.396 e. The average Bonchev–Trinajstić information content (AvgIpc) is 2.28. The lowest BCUT2D eigenvalue weighted by Crippen LogP contribution is -2.06. The van der Waals surface area contributed by atoms with E-state index in [2.05, 4.69) is 4.98 Å². The number of alkyl halides is 1. The molecule has 0 saturated carbocycles. The first-order valence-corrected chi connectivity index (χ1v) is 6.12. The SMILES string of the molecule is Nc1cc(C2=C(Cl)C(Cl)CC=C2)c(Cl)nc1N. The summed E-state index contributed by atoms with van der Waals surface area (Å²) >= 11 is 18.3. The van der Waals surface area contributed by atoms with Crippen molar-refractivity contribution in [1.29, 1.82) is 0 Å². The molecule has 1 aromatic rings. The van der Waals surface area contributed by atoms with Gasteiger partial charge in [-0.25, -0.2) is 4.98 Å². The van der Waals surface area contributed by atoms with Crippen molar-refractivity contribution in [2.24, 2.45) is 0 Å². The summed E-state index contributed by atoms with van der Waals surface area (Å²) < 4.78 is 0. The van der Waals surface area contributed by atoms with Crippen molar-refractivity contribution in [2.45, 2.75) is 11.8 Å². The fraction of sp³-hybridized carbons (Fsp3) is 0.182. The van der Waals surface area contributed by atoms with E-state index < -0.39 is 0 Å². The lowest BCUT2D eigenvalue weighted by molar-refractivity contribution is 1.03. The second kappa shape index (κ2) is 4.77. The number of allylic oxidation sites excluding steroid dienone is 4. The zero-order valence-corrected chi connectivity index (χ0v) is 11.0. The van der Waals surface area contributed by atoms with Gasteiger partial charge in [0, 0.05) is 16.2 Å². The molecule has 0 spiro atoms. The highest BCUT2D eigenvalue weighted by Gasteiger charge is 2.19. The van der Waals surface area contributed by atoms with Crippen molar-refractivity contribution < 1.29 is 0 Å². The molecule has 0 saturated heterocycles. The molecular formula is C11H10Cl3N3. The fourth-order valence-corrected chi connectivity index (χ4v) is 2.31. The van der Waals surface area contributed by atoms with E-state index in [1.54, 1.807) is 6.07 Å². The maximum absolute atomic E-state index is 6.17. The van der Waals surface area contributed by atoms with Crippen LogP contribution in [0.3, 0.4) is 0 Å². The summed E-state index contributed by atoms with van der Waals surface area (Å²) in [4.78, 5) is 3.96. The van der Waals surface area contributed by atoms with Crippen LogP contribution in [-0.4, -0.2) is 10.4 Å². The summed E-state index contributed by atoms with van der Waals surface area (Å²) in [5.41, 5.74) is 13.0. The van der Waals surface area contributed by atoms with E-state index in [0.717, 1.165) is 5.57 Å². The Kier molecular flexibility index (Phi) is 3.52. The number of hydrogen-bond acceptors (Lipinski definition) is 3. The van der Waals surface area contributed by atoms with Crippen LogP contribution in [0.5, 0.6) is 0 Å². The Morgan fingerprint density at radius 2 is 2.00 bits per heavy atom. The van der Waals surface area contributed by atoms with Crippen LogP contribution in [0.2, 0.25) is 5.15 Å². The summed E-state index contributed by atoms with van der Waals surface area (Å²) in [6.45, 7) is 0. The van der Waals surface area contributed by atoms with E-state index in [1.807, 2.05) is 12.2 Å². The second-order valence-corrected chi connectivity index (χ2v) is 4.96. The van der Waals surface area contributed by atoms with Gasteiger partial charge in [-0.2, -0.15) is 0 Å². The van der Waals surface area contributed by atoms with Gasteiger partial charge in [0.05, 0.1) is 11.1 Å². The lowest BCUT2D eigenvalue weighted by Gasteiger charge is -2.17. The van der Waals surface area contributed by atoms with E-state index >= 15 is 0 Å². The molecule has 0 aliphatic heterocycles. The topological polar surface area (TPSA) is 64.9 Å². The molecule has 4 N–H and O–H groups in total. The third-order valence-electron chi connectivity index (χ3n) is 2.49. The molecular weight excluding hydrogens is 281 g/mol. The Labute approximate surface area is 114 Å².